The first-order valence-corrected chi connectivity index (χ1v) is 5.18. The van der Waals surface area contributed by atoms with E-state index in [4.69, 9.17) is 9.47 Å². The molecule has 0 radical (unpaired) electrons. The molecule has 14 heavy (non-hydrogen) atoms. The Morgan fingerprint density at radius 2 is 1.86 bits per heavy atom. The zero-order chi connectivity index (χ0) is 10.6. The van der Waals surface area contributed by atoms with Gasteiger partial charge in [-0.25, -0.2) is 0 Å². The van der Waals surface area contributed by atoms with Crippen molar-refractivity contribution < 1.29 is 14.3 Å². The average Bonchev–Trinajstić information content (AvgIpc) is 2.35. The van der Waals surface area contributed by atoms with E-state index in [1.165, 1.54) is 0 Å². The van der Waals surface area contributed by atoms with E-state index >= 15 is 0 Å². The SMILES string of the molecule is CC1(C)CC2(CCC(=O)O2)C(C)(C)O1. The Morgan fingerprint density at radius 1 is 1.21 bits per heavy atom. The van der Waals surface area contributed by atoms with Gasteiger partial charge in [0, 0.05) is 19.3 Å². The lowest BCUT2D eigenvalue weighted by Crippen LogP contribution is -2.45. The van der Waals surface area contributed by atoms with Gasteiger partial charge in [-0.15, -0.1) is 0 Å². The molecule has 1 spiro atoms. The second-order valence-electron chi connectivity index (χ2n) is 5.52. The second kappa shape index (κ2) is 2.51. The van der Waals surface area contributed by atoms with E-state index in [0.717, 1.165) is 12.8 Å². The topological polar surface area (TPSA) is 35.5 Å². The standard InChI is InChI=1S/C11H18O3/c1-9(2)7-11(10(3,4)14-9)6-5-8(12)13-11/h5-7H2,1-4H3. The molecule has 80 valence electrons. The molecule has 2 saturated heterocycles. The third-order valence-electron chi connectivity index (χ3n) is 3.38. The van der Waals surface area contributed by atoms with E-state index in [2.05, 4.69) is 13.8 Å². The van der Waals surface area contributed by atoms with Gasteiger partial charge in [-0.05, 0) is 27.7 Å². The Hall–Kier alpha value is -0.570. The fourth-order valence-corrected chi connectivity index (χ4v) is 2.89. The molecule has 0 aromatic rings. The zero-order valence-electron chi connectivity index (χ0n) is 9.35. The predicted molar refractivity (Wildman–Crippen MR) is 51.9 cm³/mol. The molecule has 0 aromatic heterocycles. The molecule has 2 fully saturated rings. The van der Waals surface area contributed by atoms with Gasteiger partial charge in [-0.1, -0.05) is 0 Å². The van der Waals surface area contributed by atoms with Crippen molar-refractivity contribution >= 4 is 5.97 Å². The first-order chi connectivity index (χ1) is 6.27. The monoisotopic (exact) mass is 198 g/mol. The summed E-state index contributed by atoms with van der Waals surface area (Å²) in [5.74, 6) is -0.0839. The summed E-state index contributed by atoms with van der Waals surface area (Å²) in [5.41, 5.74) is -0.926. The molecule has 2 heterocycles. The molecular weight excluding hydrogens is 180 g/mol. The van der Waals surface area contributed by atoms with Gasteiger partial charge in [0.2, 0.25) is 0 Å². The molecule has 0 N–H and O–H groups in total. The normalized spacial score (nSPS) is 39.0. The highest BCUT2D eigenvalue weighted by atomic mass is 16.6. The fourth-order valence-electron chi connectivity index (χ4n) is 2.89. The van der Waals surface area contributed by atoms with E-state index in [1.807, 2.05) is 13.8 Å². The van der Waals surface area contributed by atoms with Crippen LogP contribution in [0.1, 0.15) is 47.0 Å². The first-order valence-electron chi connectivity index (χ1n) is 5.18. The third-order valence-corrected chi connectivity index (χ3v) is 3.38. The van der Waals surface area contributed by atoms with Crippen molar-refractivity contribution in [1.29, 1.82) is 0 Å². The van der Waals surface area contributed by atoms with Crippen molar-refractivity contribution in [3.63, 3.8) is 0 Å². The molecular formula is C11H18O3. The van der Waals surface area contributed by atoms with Crippen LogP contribution in [-0.4, -0.2) is 22.8 Å². The molecule has 3 nitrogen and oxygen atoms in total. The first kappa shape index (κ1) is 9.97. The van der Waals surface area contributed by atoms with Gasteiger partial charge >= 0.3 is 5.97 Å². The molecule has 2 aliphatic rings. The smallest absolute Gasteiger partial charge is 0.306 e. The maximum Gasteiger partial charge on any atom is 0.306 e. The summed E-state index contributed by atoms with van der Waals surface area (Å²) < 4.78 is 11.4. The van der Waals surface area contributed by atoms with Gasteiger partial charge < -0.3 is 9.47 Å². The lowest BCUT2D eigenvalue weighted by atomic mass is 9.80. The van der Waals surface area contributed by atoms with Crippen molar-refractivity contribution in [3.8, 4) is 0 Å². The Kier molecular flexibility index (Phi) is 1.79. The molecule has 0 amide bonds. The van der Waals surface area contributed by atoms with Gasteiger partial charge in [-0.2, -0.15) is 0 Å². The van der Waals surface area contributed by atoms with Gasteiger partial charge in [0.1, 0.15) is 11.2 Å². The second-order valence-corrected chi connectivity index (χ2v) is 5.52. The number of esters is 1. The number of rotatable bonds is 0. The van der Waals surface area contributed by atoms with Crippen molar-refractivity contribution in [3.05, 3.63) is 0 Å². The number of hydrogen-bond donors (Lipinski definition) is 0. The predicted octanol–water partition coefficient (Wildman–Crippen LogP) is 2.04. The minimum absolute atomic E-state index is 0.0839. The Labute approximate surface area is 84.8 Å². The maximum atomic E-state index is 11.2. The van der Waals surface area contributed by atoms with Gasteiger partial charge in [0.05, 0.1) is 5.60 Å². The summed E-state index contributed by atoms with van der Waals surface area (Å²) in [6.07, 6.45) is 2.13. The molecule has 0 bridgehead atoms. The minimum Gasteiger partial charge on any atom is -0.456 e. The third kappa shape index (κ3) is 1.26. The fraction of sp³-hybridized carbons (Fsp3) is 0.909. The van der Waals surface area contributed by atoms with Crippen LogP contribution in [0.25, 0.3) is 0 Å². The number of carbonyl (C=O) groups excluding carboxylic acids is 1. The van der Waals surface area contributed by atoms with Crippen molar-refractivity contribution in [2.45, 2.75) is 63.8 Å². The molecule has 1 atom stereocenters. The molecule has 1 unspecified atom stereocenters. The molecule has 2 rings (SSSR count). The summed E-state index contributed by atoms with van der Waals surface area (Å²) >= 11 is 0. The van der Waals surface area contributed by atoms with Gasteiger partial charge in [0.15, 0.2) is 0 Å². The highest BCUT2D eigenvalue weighted by Gasteiger charge is 2.61. The van der Waals surface area contributed by atoms with Gasteiger partial charge in [0.25, 0.3) is 0 Å². The van der Waals surface area contributed by atoms with E-state index in [-0.39, 0.29) is 22.8 Å². The lowest BCUT2D eigenvalue weighted by Gasteiger charge is -2.34. The van der Waals surface area contributed by atoms with Crippen LogP contribution in [-0.2, 0) is 14.3 Å². The van der Waals surface area contributed by atoms with Crippen molar-refractivity contribution in [2.75, 3.05) is 0 Å². The Balaban J connectivity index is 2.32. The van der Waals surface area contributed by atoms with Crippen LogP contribution in [0.15, 0.2) is 0 Å². The van der Waals surface area contributed by atoms with Crippen LogP contribution in [0.2, 0.25) is 0 Å². The van der Waals surface area contributed by atoms with Crippen LogP contribution in [0.5, 0.6) is 0 Å². The van der Waals surface area contributed by atoms with Crippen LogP contribution >= 0.6 is 0 Å². The Morgan fingerprint density at radius 3 is 2.21 bits per heavy atom. The molecule has 3 heteroatoms. The number of carbonyl (C=O) groups is 1. The lowest BCUT2D eigenvalue weighted by molar-refractivity contribution is -0.165. The van der Waals surface area contributed by atoms with Gasteiger partial charge in [-0.3, -0.25) is 4.79 Å². The molecule has 0 aromatic carbocycles. The Bertz CT molecular complexity index is 280. The van der Waals surface area contributed by atoms with Crippen LogP contribution in [0.4, 0.5) is 0 Å². The molecule has 0 aliphatic carbocycles. The van der Waals surface area contributed by atoms with Crippen LogP contribution in [0, 0.1) is 0 Å². The summed E-state index contributed by atoms with van der Waals surface area (Å²) in [6, 6.07) is 0. The number of hydrogen-bond acceptors (Lipinski definition) is 3. The van der Waals surface area contributed by atoms with E-state index < -0.39 is 0 Å². The summed E-state index contributed by atoms with van der Waals surface area (Å²) in [7, 11) is 0. The highest BCUT2D eigenvalue weighted by molar-refractivity contribution is 5.72. The van der Waals surface area contributed by atoms with Crippen LogP contribution in [0.3, 0.4) is 0 Å². The van der Waals surface area contributed by atoms with E-state index in [9.17, 15) is 4.79 Å². The highest BCUT2D eigenvalue weighted by Crippen LogP contribution is 2.52. The average molecular weight is 198 g/mol. The van der Waals surface area contributed by atoms with E-state index in [0.29, 0.717) is 6.42 Å². The summed E-state index contributed by atoms with van der Waals surface area (Å²) in [4.78, 5) is 11.2. The van der Waals surface area contributed by atoms with Crippen LogP contribution < -0.4 is 0 Å². The number of ether oxygens (including phenoxy) is 2. The van der Waals surface area contributed by atoms with Crippen molar-refractivity contribution in [1.82, 2.24) is 0 Å². The van der Waals surface area contributed by atoms with E-state index in [1.54, 1.807) is 0 Å². The summed E-state index contributed by atoms with van der Waals surface area (Å²) in [6.45, 7) is 8.13. The van der Waals surface area contributed by atoms with Crippen molar-refractivity contribution in [2.24, 2.45) is 0 Å². The summed E-state index contributed by atoms with van der Waals surface area (Å²) in [5, 5.41) is 0. The maximum absolute atomic E-state index is 11.2. The molecule has 2 aliphatic heterocycles. The minimum atomic E-state index is -0.381. The quantitative estimate of drug-likeness (QED) is 0.559. The largest absolute Gasteiger partial charge is 0.456 e. The zero-order valence-corrected chi connectivity index (χ0v) is 9.35. The molecule has 0 saturated carbocycles.